The van der Waals surface area contributed by atoms with E-state index in [-0.39, 0.29) is 11.5 Å². The van der Waals surface area contributed by atoms with Gasteiger partial charge in [-0.2, -0.15) is 0 Å². The molecule has 0 aliphatic rings. The van der Waals surface area contributed by atoms with Gasteiger partial charge in [0.1, 0.15) is 5.75 Å². The zero-order chi connectivity index (χ0) is 13.7. The van der Waals surface area contributed by atoms with Gasteiger partial charge in [0.05, 0.1) is 0 Å². The summed E-state index contributed by atoms with van der Waals surface area (Å²) in [6.07, 6.45) is 1.88. The quantitative estimate of drug-likeness (QED) is 0.807. The third kappa shape index (κ3) is 3.42. The van der Waals surface area contributed by atoms with Gasteiger partial charge in [-0.3, -0.25) is 4.79 Å². The standard InChI is InChI=1S/C16H17NO2/c17-11-1-2-12-3-5-13(6-4-12)16(19)14-7-9-15(18)10-8-14/h3-10,18H,1-2,11,17H2. The number of rotatable bonds is 5. The predicted octanol–water partition coefficient (Wildman–Crippen LogP) is 2.51. The molecule has 3 nitrogen and oxygen atoms in total. The third-order valence-corrected chi connectivity index (χ3v) is 3.02. The largest absolute Gasteiger partial charge is 0.508 e. The van der Waals surface area contributed by atoms with E-state index in [9.17, 15) is 9.90 Å². The van der Waals surface area contributed by atoms with E-state index in [2.05, 4.69) is 0 Å². The fraction of sp³-hybridized carbons (Fsp3) is 0.188. The Morgan fingerprint density at radius 3 is 2.00 bits per heavy atom. The molecule has 3 N–H and O–H groups in total. The molecule has 2 aromatic rings. The fourth-order valence-corrected chi connectivity index (χ4v) is 1.91. The molecule has 0 unspecified atom stereocenters. The monoisotopic (exact) mass is 255 g/mol. The Morgan fingerprint density at radius 1 is 0.947 bits per heavy atom. The lowest BCUT2D eigenvalue weighted by atomic mass is 10.0. The van der Waals surface area contributed by atoms with Crippen molar-refractivity contribution in [3.63, 3.8) is 0 Å². The third-order valence-electron chi connectivity index (χ3n) is 3.02. The van der Waals surface area contributed by atoms with Gasteiger partial charge < -0.3 is 10.8 Å². The molecule has 0 fully saturated rings. The minimum Gasteiger partial charge on any atom is -0.508 e. The Kier molecular flexibility index (Phi) is 4.31. The first-order valence-corrected chi connectivity index (χ1v) is 6.33. The van der Waals surface area contributed by atoms with Crippen molar-refractivity contribution in [3.05, 3.63) is 65.2 Å². The molecule has 0 atom stereocenters. The maximum absolute atomic E-state index is 12.2. The van der Waals surface area contributed by atoms with Crippen molar-refractivity contribution in [2.24, 2.45) is 5.73 Å². The Balaban J connectivity index is 2.13. The zero-order valence-electron chi connectivity index (χ0n) is 10.7. The lowest BCUT2D eigenvalue weighted by Crippen LogP contribution is -2.02. The van der Waals surface area contributed by atoms with Crippen molar-refractivity contribution >= 4 is 5.78 Å². The molecule has 3 heteroatoms. The SMILES string of the molecule is NCCCc1ccc(C(=O)c2ccc(O)cc2)cc1. The van der Waals surface area contributed by atoms with E-state index < -0.39 is 0 Å². The van der Waals surface area contributed by atoms with E-state index in [4.69, 9.17) is 5.73 Å². The molecule has 2 rings (SSSR count). The van der Waals surface area contributed by atoms with Gasteiger partial charge in [-0.05, 0) is 49.2 Å². The summed E-state index contributed by atoms with van der Waals surface area (Å²) >= 11 is 0. The molecule has 0 amide bonds. The fourth-order valence-electron chi connectivity index (χ4n) is 1.91. The summed E-state index contributed by atoms with van der Waals surface area (Å²) in [4.78, 5) is 12.2. The average molecular weight is 255 g/mol. The van der Waals surface area contributed by atoms with Crippen LogP contribution in [0.15, 0.2) is 48.5 Å². The van der Waals surface area contributed by atoms with Gasteiger partial charge in [0.2, 0.25) is 0 Å². The molecule has 0 spiro atoms. The highest BCUT2D eigenvalue weighted by molar-refractivity contribution is 6.09. The molecule has 19 heavy (non-hydrogen) atoms. The molecular formula is C16H17NO2. The number of nitrogens with two attached hydrogens (primary N) is 1. The second-order valence-corrected chi connectivity index (χ2v) is 4.47. The van der Waals surface area contributed by atoms with Crippen LogP contribution in [0.2, 0.25) is 0 Å². The molecule has 0 saturated carbocycles. The van der Waals surface area contributed by atoms with Gasteiger partial charge in [0.25, 0.3) is 0 Å². The smallest absolute Gasteiger partial charge is 0.193 e. The average Bonchev–Trinajstić information content (AvgIpc) is 2.46. The number of aryl methyl sites for hydroxylation is 1. The number of benzene rings is 2. The van der Waals surface area contributed by atoms with E-state index in [1.54, 1.807) is 12.1 Å². The number of hydrogen-bond acceptors (Lipinski definition) is 3. The van der Waals surface area contributed by atoms with E-state index in [0.29, 0.717) is 17.7 Å². The number of phenolic OH excluding ortho intramolecular Hbond substituents is 1. The van der Waals surface area contributed by atoms with Crippen LogP contribution >= 0.6 is 0 Å². The van der Waals surface area contributed by atoms with Crippen molar-refractivity contribution < 1.29 is 9.90 Å². The highest BCUT2D eigenvalue weighted by Crippen LogP contribution is 2.15. The van der Waals surface area contributed by atoms with E-state index >= 15 is 0 Å². The van der Waals surface area contributed by atoms with Crippen LogP contribution in [0.25, 0.3) is 0 Å². The van der Waals surface area contributed by atoms with Crippen LogP contribution in [0, 0.1) is 0 Å². The first kappa shape index (κ1) is 13.3. The molecule has 98 valence electrons. The summed E-state index contributed by atoms with van der Waals surface area (Å²) in [5, 5.41) is 9.21. The first-order valence-electron chi connectivity index (χ1n) is 6.33. The van der Waals surface area contributed by atoms with Crippen LogP contribution < -0.4 is 5.73 Å². The zero-order valence-corrected chi connectivity index (χ0v) is 10.7. The molecule has 0 saturated heterocycles. The van der Waals surface area contributed by atoms with Gasteiger partial charge in [-0.25, -0.2) is 0 Å². The van der Waals surface area contributed by atoms with Crippen molar-refractivity contribution in [2.45, 2.75) is 12.8 Å². The Hall–Kier alpha value is -2.13. The van der Waals surface area contributed by atoms with E-state index in [1.165, 1.54) is 17.7 Å². The van der Waals surface area contributed by atoms with Gasteiger partial charge in [-0.1, -0.05) is 24.3 Å². The van der Waals surface area contributed by atoms with Crippen LogP contribution in [0.1, 0.15) is 27.9 Å². The summed E-state index contributed by atoms with van der Waals surface area (Å²) in [5.74, 6) is 0.124. The second kappa shape index (κ2) is 6.16. The van der Waals surface area contributed by atoms with Crippen LogP contribution in [-0.2, 0) is 6.42 Å². The van der Waals surface area contributed by atoms with Crippen molar-refractivity contribution in [1.82, 2.24) is 0 Å². The van der Waals surface area contributed by atoms with Crippen LogP contribution in [-0.4, -0.2) is 17.4 Å². The predicted molar refractivity (Wildman–Crippen MR) is 75.4 cm³/mol. The van der Waals surface area contributed by atoms with Gasteiger partial charge in [0, 0.05) is 11.1 Å². The normalized spacial score (nSPS) is 10.4. The minimum absolute atomic E-state index is 0.0367. The summed E-state index contributed by atoms with van der Waals surface area (Å²) < 4.78 is 0. The summed E-state index contributed by atoms with van der Waals surface area (Å²) in [7, 11) is 0. The van der Waals surface area contributed by atoms with Crippen LogP contribution in [0.3, 0.4) is 0 Å². The number of ketones is 1. The highest BCUT2D eigenvalue weighted by Gasteiger charge is 2.08. The molecule has 0 aliphatic heterocycles. The number of aromatic hydroxyl groups is 1. The lowest BCUT2D eigenvalue weighted by molar-refractivity contribution is 0.103. The van der Waals surface area contributed by atoms with Gasteiger partial charge in [-0.15, -0.1) is 0 Å². The second-order valence-electron chi connectivity index (χ2n) is 4.47. The van der Waals surface area contributed by atoms with Crippen LogP contribution in [0.4, 0.5) is 0 Å². The number of hydrogen-bond donors (Lipinski definition) is 2. The first-order chi connectivity index (χ1) is 9.20. The molecule has 2 aromatic carbocycles. The van der Waals surface area contributed by atoms with Crippen molar-refractivity contribution in [2.75, 3.05) is 6.54 Å². The summed E-state index contributed by atoms with van der Waals surface area (Å²) in [6.45, 7) is 0.675. The molecule has 0 aliphatic carbocycles. The number of phenols is 1. The topological polar surface area (TPSA) is 63.3 Å². The van der Waals surface area contributed by atoms with E-state index in [0.717, 1.165) is 12.8 Å². The van der Waals surface area contributed by atoms with Crippen molar-refractivity contribution in [3.8, 4) is 5.75 Å². The molecular weight excluding hydrogens is 238 g/mol. The Labute approximate surface area is 112 Å². The Morgan fingerprint density at radius 2 is 1.47 bits per heavy atom. The number of carbonyl (C=O) groups excluding carboxylic acids is 1. The highest BCUT2D eigenvalue weighted by atomic mass is 16.3. The van der Waals surface area contributed by atoms with Gasteiger partial charge in [0.15, 0.2) is 5.78 Å². The van der Waals surface area contributed by atoms with Crippen LogP contribution in [0.5, 0.6) is 5.75 Å². The maximum Gasteiger partial charge on any atom is 0.193 e. The summed E-state index contributed by atoms with van der Waals surface area (Å²) in [5.41, 5.74) is 7.89. The molecule has 0 heterocycles. The van der Waals surface area contributed by atoms with Crippen molar-refractivity contribution in [1.29, 1.82) is 0 Å². The molecule has 0 radical (unpaired) electrons. The molecule has 0 bridgehead atoms. The molecule has 0 aromatic heterocycles. The Bertz CT molecular complexity index is 544. The van der Waals surface area contributed by atoms with E-state index in [1.807, 2.05) is 24.3 Å². The minimum atomic E-state index is -0.0367. The van der Waals surface area contributed by atoms with Gasteiger partial charge >= 0.3 is 0 Å². The maximum atomic E-state index is 12.2. The lowest BCUT2D eigenvalue weighted by Gasteiger charge is -2.04. The summed E-state index contributed by atoms with van der Waals surface area (Å²) in [6, 6.07) is 13.9. The number of carbonyl (C=O) groups is 1.